The van der Waals surface area contributed by atoms with Crippen molar-refractivity contribution >= 4 is 40.5 Å². The van der Waals surface area contributed by atoms with Gasteiger partial charge in [0.25, 0.3) is 11.6 Å². The van der Waals surface area contributed by atoms with E-state index < -0.39 is 10.8 Å². The number of rotatable bonds is 4. The molecule has 0 atom stereocenters. The van der Waals surface area contributed by atoms with Gasteiger partial charge in [0.1, 0.15) is 5.75 Å². The second-order valence-corrected chi connectivity index (χ2v) is 5.04. The van der Waals surface area contributed by atoms with Crippen LogP contribution in [0.25, 0.3) is 0 Å². The van der Waals surface area contributed by atoms with Gasteiger partial charge in [0.05, 0.1) is 27.8 Å². The van der Waals surface area contributed by atoms with E-state index in [0.717, 1.165) is 0 Å². The first kappa shape index (κ1) is 16.1. The van der Waals surface area contributed by atoms with Gasteiger partial charge in [-0.15, -0.1) is 0 Å². The molecule has 2 rings (SSSR count). The van der Waals surface area contributed by atoms with Gasteiger partial charge in [0.2, 0.25) is 0 Å². The summed E-state index contributed by atoms with van der Waals surface area (Å²) in [7, 11) is 1.44. The summed E-state index contributed by atoms with van der Waals surface area (Å²) in [5, 5.41) is 13.8. The van der Waals surface area contributed by atoms with Crippen molar-refractivity contribution in [3.63, 3.8) is 0 Å². The Hall–Kier alpha value is -2.31. The number of nitro benzene ring substituents is 1. The van der Waals surface area contributed by atoms with Gasteiger partial charge < -0.3 is 10.1 Å². The summed E-state index contributed by atoms with van der Waals surface area (Å²) in [6.07, 6.45) is 0. The zero-order chi connectivity index (χ0) is 16.3. The number of hydrogen-bond acceptors (Lipinski definition) is 4. The van der Waals surface area contributed by atoms with Crippen LogP contribution in [0, 0.1) is 10.1 Å². The highest BCUT2D eigenvalue weighted by Gasteiger charge is 2.13. The van der Waals surface area contributed by atoms with Crippen molar-refractivity contribution in [3.05, 3.63) is 62.1 Å². The van der Waals surface area contributed by atoms with Crippen molar-refractivity contribution in [1.82, 2.24) is 0 Å². The molecule has 2 aromatic rings. The molecule has 0 aliphatic rings. The Balaban J connectivity index is 2.23. The Labute approximate surface area is 135 Å². The summed E-state index contributed by atoms with van der Waals surface area (Å²) >= 11 is 11.9. The van der Waals surface area contributed by atoms with Crippen LogP contribution < -0.4 is 10.1 Å². The van der Waals surface area contributed by atoms with Crippen LogP contribution >= 0.6 is 23.2 Å². The Morgan fingerprint density at radius 2 is 1.82 bits per heavy atom. The molecule has 0 saturated carbocycles. The molecule has 0 spiro atoms. The molecule has 1 amide bonds. The van der Waals surface area contributed by atoms with Gasteiger partial charge in [0.15, 0.2) is 0 Å². The third-order valence-corrected chi connectivity index (χ3v) is 3.44. The number of anilines is 1. The lowest BCUT2D eigenvalue weighted by atomic mass is 10.2. The van der Waals surface area contributed by atoms with E-state index >= 15 is 0 Å². The van der Waals surface area contributed by atoms with Crippen molar-refractivity contribution in [2.24, 2.45) is 0 Å². The van der Waals surface area contributed by atoms with E-state index in [4.69, 9.17) is 27.9 Å². The van der Waals surface area contributed by atoms with Crippen molar-refractivity contribution in [3.8, 4) is 5.75 Å². The average molecular weight is 341 g/mol. The second kappa shape index (κ2) is 6.64. The van der Waals surface area contributed by atoms with Crippen LogP contribution in [0.5, 0.6) is 5.75 Å². The van der Waals surface area contributed by atoms with Gasteiger partial charge >= 0.3 is 0 Å². The molecular formula is C14H10Cl2N2O4. The fraction of sp³-hybridized carbons (Fsp3) is 0.0714. The number of nitrogens with zero attached hydrogens (tertiary/aromatic N) is 1. The van der Waals surface area contributed by atoms with Gasteiger partial charge in [-0.05, 0) is 18.2 Å². The molecule has 0 aromatic heterocycles. The molecular weight excluding hydrogens is 331 g/mol. The van der Waals surface area contributed by atoms with E-state index in [1.807, 2.05) is 0 Å². The third-order valence-electron chi connectivity index (χ3n) is 2.83. The highest BCUT2D eigenvalue weighted by molar-refractivity contribution is 6.37. The molecule has 0 fully saturated rings. The fourth-order valence-corrected chi connectivity index (χ4v) is 2.22. The molecule has 0 aliphatic carbocycles. The fourth-order valence-electron chi connectivity index (χ4n) is 1.71. The van der Waals surface area contributed by atoms with Gasteiger partial charge in [-0.2, -0.15) is 0 Å². The number of carbonyl (C=O) groups is 1. The molecule has 0 bridgehead atoms. The van der Waals surface area contributed by atoms with E-state index in [1.165, 1.54) is 43.5 Å². The number of non-ortho nitro benzene ring substituents is 1. The number of ether oxygens (including phenoxy) is 1. The lowest BCUT2D eigenvalue weighted by Gasteiger charge is -2.10. The van der Waals surface area contributed by atoms with Crippen molar-refractivity contribution < 1.29 is 14.5 Å². The van der Waals surface area contributed by atoms with Crippen LogP contribution in [0.2, 0.25) is 10.0 Å². The quantitative estimate of drug-likeness (QED) is 0.669. The van der Waals surface area contributed by atoms with Gasteiger partial charge in [-0.1, -0.05) is 23.2 Å². The van der Waals surface area contributed by atoms with Crippen molar-refractivity contribution in [2.75, 3.05) is 12.4 Å². The van der Waals surface area contributed by atoms with Crippen LogP contribution in [-0.2, 0) is 0 Å². The Morgan fingerprint density at radius 1 is 1.18 bits per heavy atom. The van der Waals surface area contributed by atoms with Crippen LogP contribution in [0.4, 0.5) is 11.4 Å². The molecule has 0 heterocycles. The van der Waals surface area contributed by atoms with Crippen molar-refractivity contribution in [1.29, 1.82) is 0 Å². The van der Waals surface area contributed by atoms with Gasteiger partial charge in [0, 0.05) is 23.8 Å². The number of halogens is 2. The zero-order valence-corrected chi connectivity index (χ0v) is 12.8. The summed E-state index contributed by atoms with van der Waals surface area (Å²) < 4.78 is 5.05. The average Bonchev–Trinajstić information content (AvgIpc) is 2.50. The van der Waals surface area contributed by atoms with E-state index in [0.29, 0.717) is 16.5 Å². The van der Waals surface area contributed by atoms with Crippen LogP contribution in [0.1, 0.15) is 10.4 Å². The molecule has 2 aromatic carbocycles. The third kappa shape index (κ3) is 3.47. The van der Waals surface area contributed by atoms with Crippen molar-refractivity contribution in [2.45, 2.75) is 0 Å². The van der Waals surface area contributed by atoms with E-state index in [2.05, 4.69) is 5.32 Å². The molecule has 22 heavy (non-hydrogen) atoms. The summed E-state index contributed by atoms with van der Waals surface area (Å²) in [5.41, 5.74) is 0.490. The van der Waals surface area contributed by atoms with Crippen LogP contribution in [0.15, 0.2) is 36.4 Å². The maximum Gasteiger partial charge on any atom is 0.269 e. The maximum absolute atomic E-state index is 12.1. The van der Waals surface area contributed by atoms with Gasteiger partial charge in [-0.3, -0.25) is 14.9 Å². The Kier molecular flexibility index (Phi) is 4.85. The standard InChI is InChI=1S/C14H10Cl2N2O4/c1-22-13-7-12(10(15)6-11(13)16)17-14(19)8-2-4-9(5-3-8)18(20)21/h2-7H,1H3,(H,17,19). The highest BCUT2D eigenvalue weighted by atomic mass is 35.5. The van der Waals surface area contributed by atoms with Crippen LogP contribution in [0.3, 0.4) is 0 Å². The predicted molar refractivity (Wildman–Crippen MR) is 84.1 cm³/mol. The molecule has 0 radical (unpaired) electrons. The smallest absolute Gasteiger partial charge is 0.269 e. The minimum absolute atomic E-state index is 0.0947. The largest absolute Gasteiger partial charge is 0.495 e. The normalized spacial score (nSPS) is 10.1. The Morgan fingerprint density at radius 3 is 2.36 bits per heavy atom. The SMILES string of the molecule is COc1cc(NC(=O)c2ccc([N+](=O)[O-])cc2)c(Cl)cc1Cl. The molecule has 0 aliphatic heterocycles. The number of hydrogen-bond donors (Lipinski definition) is 1. The lowest BCUT2D eigenvalue weighted by Crippen LogP contribution is -2.12. The number of nitrogens with one attached hydrogen (secondary N) is 1. The summed E-state index contributed by atoms with van der Waals surface area (Å²) in [5.74, 6) is -0.0914. The van der Waals surface area contributed by atoms with E-state index in [1.54, 1.807) is 0 Å². The molecule has 1 N–H and O–H groups in total. The molecule has 114 valence electrons. The number of methoxy groups -OCH3 is 1. The number of carbonyl (C=O) groups excluding carboxylic acids is 1. The minimum Gasteiger partial charge on any atom is -0.495 e. The predicted octanol–water partition coefficient (Wildman–Crippen LogP) is 4.16. The highest BCUT2D eigenvalue weighted by Crippen LogP contribution is 2.34. The van der Waals surface area contributed by atoms with E-state index in [9.17, 15) is 14.9 Å². The van der Waals surface area contributed by atoms with Crippen LogP contribution in [-0.4, -0.2) is 17.9 Å². The number of benzene rings is 2. The molecule has 0 saturated heterocycles. The maximum atomic E-state index is 12.1. The zero-order valence-electron chi connectivity index (χ0n) is 11.3. The Bertz CT molecular complexity index is 732. The first-order valence-electron chi connectivity index (χ1n) is 6.01. The molecule has 6 nitrogen and oxygen atoms in total. The van der Waals surface area contributed by atoms with Gasteiger partial charge in [-0.25, -0.2) is 0 Å². The van der Waals surface area contributed by atoms with E-state index in [-0.39, 0.29) is 16.3 Å². The molecule has 8 heteroatoms. The monoisotopic (exact) mass is 340 g/mol. The lowest BCUT2D eigenvalue weighted by molar-refractivity contribution is -0.384. The molecule has 0 unspecified atom stereocenters. The summed E-state index contributed by atoms with van der Waals surface area (Å²) in [4.78, 5) is 22.2. The first-order chi connectivity index (χ1) is 10.4. The summed E-state index contributed by atoms with van der Waals surface area (Å²) in [6, 6.07) is 8.16. The summed E-state index contributed by atoms with van der Waals surface area (Å²) in [6.45, 7) is 0. The first-order valence-corrected chi connectivity index (χ1v) is 6.77. The number of amides is 1. The minimum atomic E-state index is -0.539. The second-order valence-electron chi connectivity index (χ2n) is 4.22. The topological polar surface area (TPSA) is 81.5 Å². The number of nitro groups is 1.